The van der Waals surface area contributed by atoms with Crippen molar-refractivity contribution in [2.45, 2.75) is 0 Å². The van der Waals surface area contributed by atoms with Crippen molar-refractivity contribution in [3.05, 3.63) is 64.7 Å². The number of benzene rings is 2. The maximum absolute atomic E-state index is 12.9. The third-order valence-corrected chi connectivity index (χ3v) is 4.68. The van der Waals surface area contributed by atoms with E-state index in [1.54, 1.807) is 42.5 Å². The zero-order valence-corrected chi connectivity index (χ0v) is 13.9. The van der Waals surface area contributed by atoms with Gasteiger partial charge in [0.15, 0.2) is 11.6 Å². The van der Waals surface area contributed by atoms with Crippen molar-refractivity contribution in [1.82, 2.24) is 4.90 Å². The molecule has 0 aromatic heterocycles. The smallest absolute Gasteiger partial charge is 0.198 e. The number of fused-ring (bicyclic) bond motifs is 2. The Morgan fingerprint density at radius 2 is 1.56 bits per heavy atom. The highest BCUT2D eigenvalue weighted by atomic mass is 16.5. The zero-order valence-electron chi connectivity index (χ0n) is 13.9. The Labute approximate surface area is 146 Å². The van der Waals surface area contributed by atoms with Gasteiger partial charge in [-0.25, -0.2) is 0 Å². The molecule has 2 aromatic carbocycles. The van der Waals surface area contributed by atoms with Gasteiger partial charge in [-0.1, -0.05) is 36.4 Å². The summed E-state index contributed by atoms with van der Waals surface area (Å²) in [5.74, 6) is 0.217. The fourth-order valence-electron chi connectivity index (χ4n) is 3.34. The molecule has 1 heterocycles. The van der Waals surface area contributed by atoms with Crippen molar-refractivity contribution < 1.29 is 19.1 Å². The highest BCUT2D eigenvalue weighted by molar-refractivity contribution is 6.29. The monoisotopic (exact) mass is 337 g/mol. The molecule has 1 aliphatic carbocycles. The first-order valence-corrected chi connectivity index (χ1v) is 8.50. The Morgan fingerprint density at radius 1 is 0.880 bits per heavy atom. The van der Waals surface area contributed by atoms with E-state index in [0.29, 0.717) is 34.6 Å². The Hall–Kier alpha value is -2.50. The van der Waals surface area contributed by atoms with Crippen LogP contribution >= 0.6 is 0 Å². The molecule has 0 bridgehead atoms. The molecule has 0 amide bonds. The lowest BCUT2D eigenvalue weighted by Gasteiger charge is -2.26. The van der Waals surface area contributed by atoms with Gasteiger partial charge in [0, 0.05) is 36.3 Å². The van der Waals surface area contributed by atoms with Crippen molar-refractivity contribution in [2.24, 2.45) is 0 Å². The predicted octanol–water partition coefficient (Wildman–Crippen LogP) is 2.17. The van der Waals surface area contributed by atoms with E-state index in [1.165, 1.54) is 0 Å². The molecule has 128 valence electrons. The molecule has 0 unspecified atom stereocenters. The molecule has 0 atom stereocenters. The number of rotatable bonds is 4. The van der Waals surface area contributed by atoms with Crippen molar-refractivity contribution >= 4 is 11.6 Å². The number of nitrogens with zero attached hydrogens (tertiary/aromatic N) is 1. The van der Waals surface area contributed by atoms with E-state index < -0.39 is 0 Å². The normalized spacial score (nSPS) is 17.1. The van der Waals surface area contributed by atoms with Crippen molar-refractivity contribution in [1.29, 1.82) is 0 Å². The van der Waals surface area contributed by atoms with E-state index in [-0.39, 0.29) is 11.6 Å². The number of hydrogen-bond donors (Lipinski definition) is 0. The van der Waals surface area contributed by atoms with E-state index in [1.807, 2.05) is 0 Å². The van der Waals surface area contributed by atoms with Gasteiger partial charge in [0.25, 0.3) is 0 Å². The molecule has 1 aliphatic heterocycles. The van der Waals surface area contributed by atoms with Gasteiger partial charge in [0.1, 0.15) is 12.4 Å². The molecular formula is C20H19NO4. The quantitative estimate of drug-likeness (QED) is 0.730. The van der Waals surface area contributed by atoms with E-state index in [4.69, 9.17) is 9.47 Å². The fraction of sp³-hybridized carbons (Fsp3) is 0.300. The van der Waals surface area contributed by atoms with Gasteiger partial charge < -0.3 is 9.47 Å². The minimum Gasteiger partial charge on any atom is -0.491 e. The number of ketones is 2. The largest absolute Gasteiger partial charge is 0.491 e. The Balaban J connectivity index is 1.57. The van der Waals surface area contributed by atoms with Crippen LogP contribution in [0.15, 0.2) is 42.5 Å². The second kappa shape index (κ2) is 6.78. The first kappa shape index (κ1) is 16.0. The maximum Gasteiger partial charge on any atom is 0.198 e. The van der Waals surface area contributed by atoms with Gasteiger partial charge in [0.2, 0.25) is 0 Å². The van der Waals surface area contributed by atoms with Crippen LogP contribution in [0.25, 0.3) is 0 Å². The van der Waals surface area contributed by atoms with Crippen molar-refractivity contribution in [3.8, 4) is 5.75 Å². The molecule has 0 spiro atoms. The maximum atomic E-state index is 12.9. The molecule has 5 nitrogen and oxygen atoms in total. The lowest BCUT2D eigenvalue weighted by molar-refractivity contribution is 0.0322. The lowest BCUT2D eigenvalue weighted by Crippen LogP contribution is -2.38. The Kier molecular flexibility index (Phi) is 4.34. The number of carbonyl (C=O) groups excluding carboxylic acids is 2. The highest BCUT2D eigenvalue weighted by Crippen LogP contribution is 2.33. The first-order chi connectivity index (χ1) is 12.3. The van der Waals surface area contributed by atoms with E-state index in [9.17, 15) is 9.59 Å². The summed E-state index contributed by atoms with van der Waals surface area (Å²) in [5, 5.41) is 0. The molecule has 2 aliphatic rings. The second-order valence-electron chi connectivity index (χ2n) is 6.19. The second-order valence-corrected chi connectivity index (χ2v) is 6.19. The molecule has 1 fully saturated rings. The van der Waals surface area contributed by atoms with E-state index in [2.05, 4.69) is 4.90 Å². The average Bonchev–Trinajstić information content (AvgIpc) is 2.67. The lowest BCUT2D eigenvalue weighted by atomic mass is 9.83. The molecule has 4 rings (SSSR count). The summed E-state index contributed by atoms with van der Waals surface area (Å²) in [5.41, 5.74) is 1.72. The van der Waals surface area contributed by atoms with Crippen LogP contribution in [-0.4, -0.2) is 55.9 Å². The number of carbonyl (C=O) groups is 2. The summed E-state index contributed by atoms with van der Waals surface area (Å²) in [7, 11) is 0. The molecule has 5 heteroatoms. The van der Waals surface area contributed by atoms with E-state index in [0.717, 1.165) is 32.8 Å². The number of ether oxygens (including phenoxy) is 2. The summed E-state index contributed by atoms with van der Waals surface area (Å²) in [6, 6.07) is 12.2. The predicted molar refractivity (Wildman–Crippen MR) is 92.5 cm³/mol. The number of morpholine rings is 1. The minimum atomic E-state index is -0.146. The molecular weight excluding hydrogens is 318 g/mol. The van der Waals surface area contributed by atoms with Crippen molar-refractivity contribution in [2.75, 3.05) is 39.5 Å². The van der Waals surface area contributed by atoms with Crippen LogP contribution < -0.4 is 4.74 Å². The fourth-order valence-corrected chi connectivity index (χ4v) is 3.34. The van der Waals surface area contributed by atoms with Crippen molar-refractivity contribution in [3.63, 3.8) is 0 Å². The Morgan fingerprint density at radius 3 is 2.32 bits per heavy atom. The summed E-state index contributed by atoms with van der Waals surface area (Å²) in [4.78, 5) is 27.8. The summed E-state index contributed by atoms with van der Waals surface area (Å²) < 4.78 is 11.2. The topological polar surface area (TPSA) is 55.8 Å². The van der Waals surface area contributed by atoms with Crippen LogP contribution in [-0.2, 0) is 4.74 Å². The summed E-state index contributed by atoms with van der Waals surface area (Å²) in [6.07, 6.45) is 0. The molecule has 0 N–H and O–H groups in total. The molecule has 25 heavy (non-hydrogen) atoms. The first-order valence-electron chi connectivity index (χ1n) is 8.50. The molecule has 0 radical (unpaired) electrons. The van der Waals surface area contributed by atoms with Gasteiger partial charge in [-0.05, 0) is 6.07 Å². The van der Waals surface area contributed by atoms with Crippen LogP contribution in [0.5, 0.6) is 5.75 Å². The van der Waals surface area contributed by atoms with Crippen LogP contribution in [0.2, 0.25) is 0 Å². The molecule has 2 aromatic rings. The average molecular weight is 337 g/mol. The van der Waals surface area contributed by atoms with E-state index >= 15 is 0 Å². The highest BCUT2D eigenvalue weighted by Gasteiger charge is 2.31. The molecule has 1 saturated heterocycles. The zero-order chi connectivity index (χ0) is 17.2. The minimum absolute atomic E-state index is 0.121. The van der Waals surface area contributed by atoms with Gasteiger partial charge in [-0.15, -0.1) is 0 Å². The van der Waals surface area contributed by atoms with Gasteiger partial charge in [0.05, 0.1) is 18.8 Å². The van der Waals surface area contributed by atoms with Gasteiger partial charge >= 0.3 is 0 Å². The third kappa shape index (κ3) is 2.97. The van der Waals surface area contributed by atoms with Crippen LogP contribution in [0.4, 0.5) is 0 Å². The number of hydrogen-bond acceptors (Lipinski definition) is 5. The van der Waals surface area contributed by atoms with Crippen LogP contribution in [0.3, 0.4) is 0 Å². The van der Waals surface area contributed by atoms with Gasteiger partial charge in [-0.2, -0.15) is 0 Å². The standard InChI is InChI=1S/C20H19NO4/c22-19-14-4-1-2-5-15(14)20(23)18-16(19)6-3-7-17(18)25-13-10-21-8-11-24-12-9-21/h1-7H,8-13H2. The van der Waals surface area contributed by atoms with Gasteiger partial charge in [-0.3, -0.25) is 14.5 Å². The third-order valence-electron chi connectivity index (χ3n) is 4.68. The van der Waals surface area contributed by atoms with Crippen LogP contribution in [0, 0.1) is 0 Å². The Bertz CT molecular complexity index is 824. The van der Waals surface area contributed by atoms with Crippen LogP contribution in [0.1, 0.15) is 31.8 Å². The molecule has 0 saturated carbocycles. The SMILES string of the molecule is O=C1c2ccccc2C(=O)c2c(OCCN3CCOCC3)cccc21. The summed E-state index contributed by atoms with van der Waals surface area (Å²) in [6.45, 7) is 4.50. The summed E-state index contributed by atoms with van der Waals surface area (Å²) >= 11 is 0.